The molecule has 1 unspecified atom stereocenters. The van der Waals surface area contributed by atoms with E-state index in [1.807, 2.05) is 11.8 Å². The summed E-state index contributed by atoms with van der Waals surface area (Å²) in [5.41, 5.74) is 0.780. The first-order valence-corrected chi connectivity index (χ1v) is 7.10. The Balaban J connectivity index is 2.21. The fraction of sp³-hybridized carbons (Fsp3) is 0.667. The molecule has 1 aromatic rings. The number of thioether (sulfide) groups is 1. The number of ether oxygens (including phenoxy) is 1. The molecular weight excluding hydrogens is 236 g/mol. The molecule has 5 heteroatoms. The summed E-state index contributed by atoms with van der Waals surface area (Å²) < 4.78 is 5.63. The molecular formula is C12H18N2O2S. The molecule has 4 nitrogen and oxygen atoms in total. The van der Waals surface area contributed by atoms with Crippen LogP contribution in [0.5, 0.6) is 0 Å². The predicted octanol–water partition coefficient (Wildman–Crippen LogP) is 1.77. The zero-order valence-electron chi connectivity index (χ0n) is 10.2. The summed E-state index contributed by atoms with van der Waals surface area (Å²) in [6, 6.07) is 1.58. The van der Waals surface area contributed by atoms with Crippen LogP contribution >= 0.6 is 11.8 Å². The molecule has 1 aliphatic heterocycles. The molecule has 0 saturated carbocycles. The molecule has 17 heavy (non-hydrogen) atoms. The highest BCUT2D eigenvalue weighted by atomic mass is 32.2. The summed E-state index contributed by atoms with van der Waals surface area (Å²) in [4.78, 5) is 18.9. The second kappa shape index (κ2) is 5.69. The molecule has 2 rings (SSSR count). The van der Waals surface area contributed by atoms with Gasteiger partial charge in [-0.15, -0.1) is 0 Å². The number of nitrogens with zero attached hydrogens (tertiary/aromatic N) is 1. The maximum Gasteiger partial charge on any atom is 0.251 e. The Bertz CT molecular complexity index is 425. The number of aromatic nitrogens is 2. The van der Waals surface area contributed by atoms with Crippen LogP contribution in [0.2, 0.25) is 0 Å². The summed E-state index contributed by atoms with van der Waals surface area (Å²) in [5, 5.41) is 0. The van der Waals surface area contributed by atoms with E-state index < -0.39 is 0 Å². The number of hydrogen-bond donors (Lipinski definition) is 1. The van der Waals surface area contributed by atoms with Gasteiger partial charge in [0.05, 0.1) is 6.61 Å². The normalized spacial score (nSPS) is 20.8. The smallest absolute Gasteiger partial charge is 0.251 e. The molecule has 94 valence electrons. The standard InChI is InChI=1S/C12H18N2O2S/c1-8(2)5-9-6-11(15)14-12(13-9)10-7-17-4-3-16-10/h6,8,10H,3-5,7H2,1-2H3,(H,13,14,15). The van der Waals surface area contributed by atoms with Crippen molar-refractivity contribution in [1.29, 1.82) is 0 Å². The first kappa shape index (κ1) is 12.6. The predicted molar refractivity (Wildman–Crippen MR) is 69.4 cm³/mol. The maximum atomic E-state index is 11.6. The summed E-state index contributed by atoms with van der Waals surface area (Å²) >= 11 is 1.84. The van der Waals surface area contributed by atoms with Crippen molar-refractivity contribution in [2.45, 2.75) is 26.4 Å². The van der Waals surface area contributed by atoms with Gasteiger partial charge in [-0.3, -0.25) is 4.79 Å². The molecule has 0 radical (unpaired) electrons. The third kappa shape index (κ3) is 3.57. The Labute approximate surface area is 105 Å². The molecule has 0 bridgehead atoms. The fourth-order valence-electron chi connectivity index (χ4n) is 1.85. The van der Waals surface area contributed by atoms with Crippen LogP contribution in [0.15, 0.2) is 10.9 Å². The lowest BCUT2D eigenvalue weighted by Gasteiger charge is -2.21. The van der Waals surface area contributed by atoms with E-state index >= 15 is 0 Å². The van der Waals surface area contributed by atoms with E-state index in [-0.39, 0.29) is 11.7 Å². The van der Waals surface area contributed by atoms with Crippen molar-refractivity contribution in [2.75, 3.05) is 18.1 Å². The van der Waals surface area contributed by atoms with Crippen LogP contribution in [-0.4, -0.2) is 28.1 Å². The van der Waals surface area contributed by atoms with Crippen molar-refractivity contribution >= 4 is 11.8 Å². The zero-order valence-corrected chi connectivity index (χ0v) is 11.0. The highest BCUT2D eigenvalue weighted by molar-refractivity contribution is 7.99. The number of hydrogen-bond acceptors (Lipinski definition) is 4. The van der Waals surface area contributed by atoms with Crippen molar-refractivity contribution in [1.82, 2.24) is 9.97 Å². The average Bonchev–Trinajstić information content (AvgIpc) is 2.28. The lowest BCUT2D eigenvalue weighted by Crippen LogP contribution is -2.22. The third-order valence-electron chi connectivity index (χ3n) is 2.55. The van der Waals surface area contributed by atoms with Crippen LogP contribution in [0.1, 0.15) is 31.5 Å². The maximum absolute atomic E-state index is 11.6. The van der Waals surface area contributed by atoms with Crippen LogP contribution < -0.4 is 5.56 Å². The molecule has 1 atom stereocenters. The Hall–Kier alpha value is -0.810. The highest BCUT2D eigenvalue weighted by Crippen LogP contribution is 2.23. The van der Waals surface area contributed by atoms with Gasteiger partial charge in [0.2, 0.25) is 0 Å². The summed E-state index contributed by atoms with van der Waals surface area (Å²) in [5.74, 6) is 3.07. The van der Waals surface area contributed by atoms with Crippen molar-refractivity contribution < 1.29 is 4.74 Å². The van der Waals surface area contributed by atoms with E-state index in [1.54, 1.807) is 6.07 Å². The fourth-order valence-corrected chi connectivity index (χ4v) is 2.70. The van der Waals surface area contributed by atoms with Crippen LogP contribution in [0.25, 0.3) is 0 Å². The van der Waals surface area contributed by atoms with Gasteiger partial charge in [0.15, 0.2) is 0 Å². The van der Waals surface area contributed by atoms with Gasteiger partial charge in [0, 0.05) is 23.3 Å². The SMILES string of the molecule is CC(C)Cc1cc(=O)[nH]c(C2CSCCO2)n1. The largest absolute Gasteiger partial charge is 0.369 e. The molecule has 1 saturated heterocycles. The molecule has 0 spiro atoms. The summed E-state index contributed by atoms with van der Waals surface area (Å²) in [6.45, 7) is 4.97. The second-order valence-electron chi connectivity index (χ2n) is 4.65. The Morgan fingerprint density at radius 1 is 1.65 bits per heavy atom. The monoisotopic (exact) mass is 254 g/mol. The molecule has 1 aliphatic rings. The molecule has 0 aliphatic carbocycles. The minimum absolute atomic E-state index is 0.0615. The van der Waals surface area contributed by atoms with Crippen molar-refractivity contribution in [3.05, 3.63) is 27.9 Å². The van der Waals surface area contributed by atoms with E-state index in [1.165, 1.54) is 0 Å². The number of H-pyrrole nitrogens is 1. The quantitative estimate of drug-likeness (QED) is 0.893. The molecule has 1 aromatic heterocycles. The third-order valence-corrected chi connectivity index (χ3v) is 3.55. The van der Waals surface area contributed by atoms with Gasteiger partial charge in [-0.05, 0) is 12.3 Å². The average molecular weight is 254 g/mol. The van der Waals surface area contributed by atoms with Gasteiger partial charge in [0.1, 0.15) is 11.9 Å². The Morgan fingerprint density at radius 3 is 3.12 bits per heavy atom. The lowest BCUT2D eigenvalue weighted by atomic mass is 10.1. The van der Waals surface area contributed by atoms with E-state index in [9.17, 15) is 4.79 Å². The Morgan fingerprint density at radius 2 is 2.47 bits per heavy atom. The van der Waals surface area contributed by atoms with Crippen LogP contribution in [-0.2, 0) is 11.2 Å². The van der Waals surface area contributed by atoms with Crippen LogP contribution in [0, 0.1) is 5.92 Å². The van der Waals surface area contributed by atoms with Crippen molar-refractivity contribution in [3.63, 3.8) is 0 Å². The number of nitrogens with one attached hydrogen (secondary N) is 1. The highest BCUT2D eigenvalue weighted by Gasteiger charge is 2.19. The van der Waals surface area contributed by atoms with Gasteiger partial charge in [-0.25, -0.2) is 4.98 Å². The van der Waals surface area contributed by atoms with E-state index in [4.69, 9.17) is 4.74 Å². The van der Waals surface area contributed by atoms with Crippen molar-refractivity contribution in [3.8, 4) is 0 Å². The van der Waals surface area contributed by atoms with Gasteiger partial charge in [-0.1, -0.05) is 13.8 Å². The minimum Gasteiger partial charge on any atom is -0.369 e. The van der Waals surface area contributed by atoms with E-state index in [0.29, 0.717) is 11.7 Å². The zero-order chi connectivity index (χ0) is 12.3. The van der Waals surface area contributed by atoms with E-state index in [0.717, 1.165) is 30.2 Å². The van der Waals surface area contributed by atoms with Crippen molar-refractivity contribution in [2.24, 2.45) is 5.92 Å². The Kier molecular flexibility index (Phi) is 4.23. The summed E-state index contributed by atoms with van der Waals surface area (Å²) in [7, 11) is 0. The first-order valence-electron chi connectivity index (χ1n) is 5.94. The van der Waals surface area contributed by atoms with Gasteiger partial charge in [-0.2, -0.15) is 11.8 Å². The van der Waals surface area contributed by atoms with E-state index in [2.05, 4.69) is 23.8 Å². The van der Waals surface area contributed by atoms with Gasteiger partial charge < -0.3 is 9.72 Å². The molecule has 0 amide bonds. The molecule has 0 aromatic carbocycles. The first-order chi connectivity index (χ1) is 8.15. The van der Waals surface area contributed by atoms with Crippen LogP contribution in [0.3, 0.4) is 0 Å². The van der Waals surface area contributed by atoms with Gasteiger partial charge >= 0.3 is 0 Å². The van der Waals surface area contributed by atoms with Gasteiger partial charge in [0.25, 0.3) is 5.56 Å². The minimum atomic E-state index is -0.0789. The summed E-state index contributed by atoms with van der Waals surface area (Å²) in [6.07, 6.45) is 0.769. The number of rotatable bonds is 3. The lowest BCUT2D eigenvalue weighted by molar-refractivity contribution is 0.0690. The number of aromatic amines is 1. The molecule has 1 fully saturated rings. The topological polar surface area (TPSA) is 55.0 Å². The van der Waals surface area contributed by atoms with Crippen LogP contribution in [0.4, 0.5) is 0 Å². The molecule has 2 heterocycles. The molecule has 1 N–H and O–H groups in total. The second-order valence-corrected chi connectivity index (χ2v) is 5.80.